The molecule has 2 N–H and O–H groups in total. The Morgan fingerprint density at radius 1 is 1.67 bits per heavy atom. The lowest BCUT2D eigenvalue weighted by molar-refractivity contribution is 0.810. The van der Waals surface area contributed by atoms with Crippen molar-refractivity contribution in [2.24, 2.45) is 0 Å². The van der Waals surface area contributed by atoms with Crippen LogP contribution in [0.5, 0.6) is 0 Å². The quantitative estimate of drug-likeness (QED) is 0.646. The molecular weight excluding hydrogens is 174 g/mol. The number of hydrogen-bond donors (Lipinski definition) is 2. The molecule has 2 heterocycles. The van der Waals surface area contributed by atoms with Crippen LogP contribution in [0.4, 0.5) is 11.5 Å². The normalized spacial score (nSPS) is 20.7. The smallest absolute Gasteiger partial charge is 0.149 e. The maximum atomic E-state index is 5.79. The summed E-state index contributed by atoms with van der Waals surface area (Å²) in [5.41, 5.74) is 0.987. The van der Waals surface area contributed by atoms with E-state index in [0.717, 1.165) is 18.1 Å². The van der Waals surface area contributed by atoms with Crippen molar-refractivity contribution in [1.29, 1.82) is 0 Å². The average Bonchev–Trinajstić information content (AvgIpc) is 2.03. The van der Waals surface area contributed by atoms with Crippen molar-refractivity contribution in [2.45, 2.75) is 13.0 Å². The lowest BCUT2D eigenvalue weighted by Crippen LogP contribution is -2.30. The molecule has 0 amide bonds. The van der Waals surface area contributed by atoms with Crippen LogP contribution in [0.3, 0.4) is 0 Å². The van der Waals surface area contributed by atoms with Crippen molar-refractivity contribution in [2.75, 3.05) is 17.2 Å². The summed E-state index contributed by atoms with van der Waals surface area (Å²) >= 11 is 5.79. The molecule has 1 aliphatic rings. The largest absolute Gasteiger partial charge is 0.378 e. The Morgan fingerprint density at radius 2 is 2.50 bits per heavy atom. The van der Waals surface area contributed by atoms with E-state index in [1.165, 1.54) is 0 Å². The van der Waals surface area contributed by atoms with Gasteiger partial charge in [-0.2, -0.15) is 0 Å². The van der Waals surface area contributed by atoms with E-state index in [1.54, 1.807) is 6.20 Å². The second kappa shape index (κ2) is 2.83. The molecule has 1 unspecified atom stereocenters. The second-order valence-corrected chi connectivity index (χ2v) is 3.41. The van der Waals surface area contributed by atoms with Gasteiger partial charge in [-0.15, -0.1) is 0 Å². The number of rotatable bonds is 0. The van der Waals surface area contributed by atoms with E-state index in [2.05, 4.69) is 22.5 Å². The van der Waals surface area contributed by atoms with Crippen molar-refractivity contribution in [3.8, 4) is 0 Å². The van der Waals surface area contributed by atoms with Gasteiger partial charge >= 0.3 is 0 Å². The first-order valence-corrected chi connectivity index (χ1v) is 4.29. The molecule has 0 fully saturated rings. The molecule has 3 nitrogen and oxygen atoms in total. The lowest BCUT2D eigenvalue weighted by atomic mass is 10.2. The van der Waals surface area contributed by atoms with Crippen LogP contribution in [0.2, 0.25) is 5.02 Å². The summed E-state index contributed by atoms with van der Waals surface area (Å²) in [6, 6.07) is 2.31. The van der Waals surface area contributed by atoms with Crippen LogP contribution in [0.25, 0.3) is 0 Å². The molecule has 0 spiro atoms. The van der Waals surface area contributed by atoms with Gasteiger partial charge < -0.3 is 10.6 Å². The summed E-state index contributed by atoms with van der Waals surface area (Å²) in [7, 11) is 0. The molecule has 2 rings (SSSR count). The summed E-state index contributed by atoms with van der Waals surface area (Å²) in [5.74, 6) is 0.887. The van der Waals surface area contributed by atoms with Crippen LogP contribution in [0.15, 0.2) is 12.3 Å². The maximum absolute atomic E-state index is 5.79. The fraction of sp³-hybridized carbons (Fsp3) is 0.375. The molecule has 0 aromatic carbocycles. The first-order chi connectivity index (χ1) is 5.75. The van der Waals surface area contributed by atoms with Crippen molar-refractivity contribution >= 4 is 23.1 Å². The summed E-state index contributed by atoms with van der Waals surface area (Å²) in [6.07, 6.45) is 1.64. The van der Waals surface area contributed by atoms with Gasteiger partial charge in [-0.1, -0.05) is 11.6 Å². The van der Waals surface area contributed by atoms with Crippen LogP contribution in [-0.4, -0.2) is 17.6 Å². The minimum Gasteiger partial charge on any atom is -0.378 e. The molecule has 1 aliphatic heterocycles. The number of anilines is 2. The SMILES string of the molecule is CC1CNc2ncc(Cl)cc2N1. The minimum atomic E-state index is 0.428. The number of nitrogens with one attached hydrogen (secondary N) is 2. The number of aromatic nitrogens is 1. The highest BCUT2D eigenvalue weighted by Crippen LogP contribution is 2.25. The zero-order valence-electron chi connectivity index (χ0n) is 6.76. The van der Waals surface area contributed by atoms with Gasteiger partial charge in [0.1, 0.15) is 5.82 Å². The van der Waals surface area contributed by atoms with Crippen LogP contribution >= 0.6 is 11.6 Å². The topological polar surface area (TPSA) is 37.0 Å². The highest BCUT2D eigenvalue weighted by Gasteiger charge is 2.13. The van der Waals surface area contributed by atoms with Crippen molar-refractivity contribution in [3.63, 3.8) is 0 Å². The Kier molecular flexibility index (Phi) is 1.81. The van der Waals surface area contributed by atoms with E-state index in [9.17, 15) is 0 Å². The lowest BCUT2D eigenvalue weighted by Gasteiger charge is -2.24. The van der Waals surface area contributed by atoms with E-state index in [4.69, 9.17) is 11.6 Å². The highest BCUT2D eigenvalue weighted by atomic mass is 35.5. The molecule has 0 aliphatic carbocycles. The first kappa shape index (κ1) is 7.68. The van der Waals surface area contributed by atoms with E-state index >= 15 is 0 Å². The Morgan fingerprint density at radius 3 is 3.33 bits per heavy atom. The summed E-state index contributed by atoms with van der Waals surface area (Å²) < 4.78 is 0. The number of fused-ring (bicyclic) bond motifs is 1. The fourth-order valence-corrected chi connectivity index (χ4v) is 1.41. The molecular formula is C8H10ClN3. The molecule has 1 aromatic heterocycles. The van der Waals surface area contributed by atoms with Gasteiger partial charge in [0.25, 0.3) is 0 Å². The minimum absolute atomic E-state index is 0.428. The predicted molar refractivity (Wildman–Crippen MR) is 50.8 cm³/mol. The van der Waals surface area contributed by atoms with Crippen molar-refractivity contribution in [1.82, 2.24) is 4.98 Å². The van der Waals surface area contributed by atoms with Crippen LogP contribution in [0.1, 0.15) is 6.92 Å². The van der Waals surface area contributed by atoms with Gasteiger partial charge in [-0.05, 0) is 13.0 Å². The highest BCUT2D eigenvalue weighted by molar-refractivity contribution is 6.30. The average molecular weight is 184 g/mol. The molecule has 0 radical (unpaired) electrons. The van der Waals surface area contributed by atoms with Crippen LogP contribution in [-0.2, 0) is 0 Å². The molecule has 64 valence electrons. The van der Waals surface area contributed by atoms with Crippen LogP contribution < -0.4 is 10.6 Å². The molecule has 0 saturated heterocycles. The summed E-state index contributed by atoms with van der Waals surface area (Å²) in [4.78, 5) is 4.15. The number of pyridine rings is 1. The van der Waals surface area contributed by atoms with E-state index in [1.807, 2.05) is 6.07 Å². The standard InChI is InChI=1S/C8H10ClN3/c1-5-3-10-8-7(12-5)2-6(9)4-11-8/h2,4-5,12H,3H2,1H3,(H,10,11). The zero-order chi connectivity index (χ0) is 8.55. The van der Waals surface area contributed by atoms with Gasteiger partial charge in [0.15, 0.2) is 0 Å². The van der Waals surface area contributed by atoms with E-state index in [-0.39, 0.29) is 0 Å². The number of nitrogens with zero attached hydrogens (tertiary/aromatic N) is 1. The third kappa shape index (κ3) is 1.32. The van der Waals surface area contributed by atoms with Gasteiger partial charge in [0, 0.05) is 18.8 Å². The molecule has 4 heteroatoms. The molecule has 1 aromatic rings. The molecule has 12 heavy (non-hydrogen) atoms. The van der Waals surface area contributed by atoms with E-state index in [0.29, 0.717) is 11.1 Å². The van der Waals surface area contributed by atoms with Gasteiger partial charge in [-0.25, -0.2) is 4.98 Å². The third-order valence-electron chi connectivity index (χ3n) is 1.83. The van der Waals surface area contributed by atoms with Gasteiger partial charge in [0.2, 0.25) is 0 Å². The van der Waals surface area contributed by atoms with Gasteiger partial charge in [-0.3, -0.25) is 0 Å². The molecule has 0 saturated carbocycles. The number of halogens is 1. The first-order valence-electron chi connectivity index (χ1n) is 3.91. The zero-order valence-corrected chi connectivity index (χ0v) is 7.52. The predicted octanol–water partition coefficient (Wildman–Crippen LogP) is 1.96. The maximum Gasteiger partial charge on any atom is 0.149 e. The summed E-state index contributed by atoms with van der Waals surface area (Å²) in [6.45, 7) is 3.01. The Balaban J connectivity index is 2.37. The monoisotopic (exact) mass is 183 g/mol. The Bertz CT molecular complexity index is 300. The Labute approximate surface area is 76.1 Å². The molecule has 1 atom stereocenters. The van der Waals surface area contributed by atoms with E-state index < -0.39 is 0 Å². The third-order valence-corrected chi connectivity index (χ3v) is 2.04. The number of hydrogen-bond acceptors (Lipinski definition) is 3. The fourth-order valence-electron chi connectivity index (χ4n) is 1.26. The second-order valence-electron chi connectivity index (χ2n) is 2.98. The van der Waals surface area contributed by atoms with Gasteiger partial charge in [0.05, 0.1) is 10.7 Å². The van der Waals surface area contributed by atoms with Crippen LogP contribution in [0, 0.1) is 0 Å². The van der Waals surface area contributed by atoms with Crippen molar-refractivity contribution in [3.05, 3.63) is 17.3 Å². The molecule has 0 bridgehead atoms. The van der Waals surface area contributed by atoms with Crippen molar-refractivity contribution < 1.29 is 0 Å². The summed E-state index contributed by atoms with van der Waals surface area (Å²) in [5, 5.41) is 7.16. The Hall–Kier alpha value is -0.960.